The number of quaternary nitrogens is 1. The Labute approximate surface area is 531 Å². The number of ketones is 1. The summed E-state index contributed by atoms with van der Waals surface area (Å²) in [6, 6.07) is 11.5. The quantitative estimate of drug-likeness (QED) is 0.0133. The first-order valence-corrected chi connectivity index (χ1v) is 35.0. The number of ether oxygens (including phenoxy) is 6. The number of phosphoric acid groups is 1. The number of aliphatic hydroxyl groups is 2. The predicted octanol–water partition coefficient (Wildman–Crippen LogP) is 15.2. The smallest absolute Gasteiger partial charge is 0.472 e. The number of phenols is 3. The van der Waals surface area contributed by atoms with Gasteiger partial charge in [0.25, 0.3) is 0 Å². The summed E-state index contributed by atoms with van der Waals surface area (Å²) in [5, 5.41) is 50.2. The fourth-order valence-corrected chi connectivity index (χ4v) is 11.6. The summed E-state index contributed by atoms with van der Waals surface area (Å²) in [6.45, 7) is 4.11. The first-order chi connectivity index (χ1) is 42.8. The lowest BCUT2D eigenvalue weighted by atomic mass is 9.92. The first-order valence-electron chi connectivity index (χ1n) is 33.5. The van der Waals surface area contributed by atoms with Crippen molar-refractivity contribution < 1.29 is 91.3 Å². The number of fused-ring (bicyclic) bond motifs is 2. The summed E-state index contributed by atoms with van der Waals surface area (Å²) in [7, 11) is 2.91. The molecule has 0 aromatic heterocycles. The van der Waals surface area contributed by atoms with Crippen molar-refractivity contribution in [3.05, 3.63) is 65.2 Å². The van der Waals surface area contributed by atoms with Crippen LogP contribution in [0.5, 0.6) is 40.2 Å². The molecule has 5 rings (SSSR count). The van der Waals surface area contributed by atoms with Gasteiger partial charge < -0.3 is 63.3 Å². The second-order valence-corrected chi connectivity index (χ2v) is 26.5. The second kappa shape index (κ2) is 42.8. The number of hydrogen-bond donors (Lipinski definition) is 6. The van der Waals surface area contributed by atoms with Gasteiger partial charge in [-0.2, -0.15) is 0 Å². The SMILES string of the molecule is CCCCCCCCCCCCCCCCCC(=O)OC[C@H](COP(=O)(O)OCC[N+](C)(C)C)OC(=O)CCCCCCCCCCCCCCCCC.COc1cc([C@H]2Oc3cc([C@H]4Oc5cc(O)cc(O)c5C(=O)[C@@H]4O)ccc3O[C@@H]2CO)ccc1O. The minimum atomic E-state index is -4.37. The van der Waals surface area contributed by atoms with E-state index in [0.717, 1.165) is 44.6 Å². The van der Waals surface area contributed by atoms with Crippen molar-refractivity contribution in [1.29, 1.82) is 0 Å². The minimum Gasteiger partial charge on any atom is -0.508 e. The molecule has 2 heterocycles. The molecule has 1 unspecified atom stereocenters. The highest BCUT2D eigenvalue weighted by atomic mass is 31.2. The predicted molar refractivity (Wildman–Crippen MR) is 344 cm³/mol. The van der Waals surface area contributed by atoms with Crippen LogP contribution in [0.25, 0.3) is 0 Å². The molecule has 0 saturated heterocycles. The van der Waals surface area contributed by atoms with Crippen molar-refractivity contribution in [3.63, 3.8) is 0 Å². The van der Waals surface area contributed by atoms with Crippen molar-refractivity contribution in [2.24, 2.45) is 0 Å². The van der Waals surface area contributed by atoms with Crippen LogP contribution in [0, 0.1) is 0 Å². The van der Waals surface area contributed by atoms with Crippen molar-refractivity contribution in [3.8, 4) is 40.2 Å². The summed E-state index contributed by atoms with van der Waals surface area (Å²) in [5.41, 5.74) is 0.751. The maximum absolute atomic E-state index is 12.7. The molecule has 0 saturated carbocycles. The number of phenolic OH excluding ortho intramolecular Hbond substituents is 3. The van der Waals surface area contributed by atoms with Crippen molar-refractivity contribution >= 4 is 25.5 Å². The number of carbonyl (C=O) groups excluding carboxylic acids is 3. The Morgan fingerprint density at radius 3 is 1.56 bits per heavy atom. The van der Waals surface area contributed by atoms with E-state index in [9.17, 15) is 49.4 Å². The molecule has 504 valence electrons. The van der Waals surface area contributed by atoms with E-state index in [0.29, 0.717) is 34.3 Å². The topological polar surface area (TPSA) is 263 Å². The molecule has 0 radical (unpaired) electrons. The molecule has 6 atom stereocenters. The van der Waals surface area contributed by atoms with E-state index >= 15 is 0 Å². The Morgan fingerprint density at radius 2 is 1.06 bits per heavy atom. The maximum Gasteiger partial charge on any atom is 0.472 e. The summed E-state index contributed by atoms with van der Waals surface area (Å²) >= 11 is 0. The van der Waals surface area contributed by atoms with Gasteiger partial charge in [-0.25, -0.2) is 4.57 Å². The Kier molecular flexibility index (Phi) is 36.7. The van der Waals surface area contributed by atoms with E-state index in [4.69, 9.17) is 37.5 Å². The third-order valence-corrected chi connectivity index (χ3v) is 17.1. The number of carbonyl (C=O) groups is 3. The van der Waals surface area contributed by atoms with Crippen LogP contribution < -0.4 is 18.9 Å². The molecule has 19 nitrogen and oxygen atoms in total. The number of esters is 2. The molecule has 0 bridgehead atoms. The number of aliphatic hydroxyl groups excluding tert-OH is 2. The molecule has 3 aromatic rings. The number of unbranched alkanes of at least 4 members (excludes halogenated alkanes) is 28. The number of rotatable bonds is 46. The highest BCUT2D eigenvalue weighted by Crippen LogP contribution is 2.47. The van der Waals surface area contributed by atoms with Crippen molar-refractivity contribution in [2.75, 3.05) is 61.2 Å². The lowest BCUT2D eigenvalue weighted by molar-refractivity contribution is -0.870. The monoisotopic (exact) mass is 1270 g/mol. The molecule has 20 heteroatoms. The van der Waals surface area contributed by atoms with Gasteiger partial charge in [0, 0.05) is 30.5 Å². The molecule has 2 aliphatic rings. The first kappa shape index (κ1) is 76.3. The highest BCUT2D eigenvalue weighted by Gasteiger charge is 2.41. The normalized spacial score (nSPS) is 17.2. The molecule has 0 fully saturated rings. The number of methoxy groups -OCH3 is 1. The number of nitrogens with zero attached hydrogens (tertiary/aromatic N) is 1. The lowest BCUT2D eigenvalue weighted by Gasteiger charge is -2.35. The summed E-state index contributed by atoms with van der Waals surface area (Å²) in [6.07, 6.45) is 32.8. The third kappa shape index (κ3) is 30.2. The zero-order valence-corrected chi connectivity index (χ0v) is 55.5. The van der Waals surface area contributed by atoms with Crippen LogP contribution >= 0.6 is 7.82 Å². The third-order valence-electron chi connectivity index (χ3n) is 16.1. The van der Waals surface area contributed by atoms with Crippen LogP contribution in [0.4, 0.5) is 0 Å². The highest BCUT2D eigenvalue weighted by molar-refractivity contribution is 7.47. The van der Waals surface area contributed by atoms with Crippen LogP contribution in [-0.2, 0) is 32.7 Å². The van der Waals surface area contributed by atoms with E-state index < -0.39 is 62.5 Å². The zero-order valence-electron chi connectivity index (χ0n) is 54.6. The molecule has 0 aliphatic carbocycles. The molecular formula is C69H111NO18P+. The average molecular weight is 1270 g/mol. The van der Waals surface area contributed by atoms with E-state index in [-0.39, 0.29) is 66.5 Å². The van der Waals surface area contributed by atoms with Gasteiger partial charge in [-0.1, -0.05) is 206 Å². The zero-order chi connectivity index (χ0) is 64.9. The van der Waals surface area contributed by atoms with Gasteiger partial charge in [0.1, 0.15) is 42.6 Å². The second-order valence-electron chi connectivity index (χ2n) is 25.0. The van der Waals surface area contributed by atoms with E-state index in [2.05, 4.69) is 13.8 Å². The minimum absolute atomic E-state index is 0.0369. The van der Waals surface area contributed by atoms with Crippen LogP contribution in [0.1, 0.15) is 253 Å². The van der Waals surface area contributed by atoms with Crippen LogP contribution in [-0.4, -0.2) is 132 Å². The van der Waals surface area contributed by atoms with Gasteiger partial charge in [0.2, 0.25) is 5.78 Å². The molecule has 0 spiro atoms. The fraction of sp³-hybridized carbons (Fsp3) is 0.696. The maximum atomic E-state index is 12.7. The van der Waals surface area contributed by atoms with Crippen LogP contribution in [0.3, 0.4) is 0 Å². The fourth-order valence-electron chi connectivity index (χ4n) is 10.8. The van der Waals surface area contributed by atoms with Gasteiger partial charge in [0.05, 0.1) is 41.5 Å². The van der Waals surface area contributed by atoms with E-state index in [1.165, 1.54) is 173 Å². The molecule has 2 aliphatic heterocycles. The molecule has 89 heavy (non-hydrogen) atoms. The molecular weight excluding hydrogens is 1160 g/mol. The number of hydrogen-bond acceptors (Lipinski definition) is 17. The summed E-state index contributed by atoms with van der Waals surface area (Å²) in [4.78, 5) is 48.1. The Bertz CT molecular complexity index is 2540. The van der Waals surface area contributed by atoms with Gasteiger partial charge in [0.15, 0.2) is 53.5 Å². The standard InChI is InChI=1S/C44H88NO8P.C25H22O10/c1-6-8-10-12-14-16-18-20-22-24-26-28-30-32-34-36-43(46)50-40-42(41-52-54(48,49)51-39-38-45(3,4)5)53-44(47)37-35-33-31-29-27-25-23-21-19-17-15-13-11-9-7-2;1-32-17-6-11(2-4-14(17)28)24-20(10-26)33-16-5-3-12(7-18(16)34-24)25-23(31)22(30)21-15(29)8-13(27)9-19(21)35-25/h42H,6-41H2,1-5H3;2-9,20,23-29,31H,10H2,1H3/p+1/t42-;20-,23+,24-,25-/m11/s1. The summed E-state index contributed by atoms with van der Waals surface area (Å²) in [5.74, 6) is -1.61. The largest absolute Gasteiger partial charge is 0.508 e. The number of phosphoric ester groups is 1. The molecule has 0 amide bonds. The summed E-state index contributed by atoms with van der Waals surface area (Å²) < 4.78 is 57.3. The number of Topliss-reactive ketones (excluding diaryl/α,β-unsaturated/α-hetero) is 1. The Hall–Kier alpha value is -5.14. The number of aromatic hydroxyl groups is 3. The van der Waals surface area contributed by atoms with Crippen molar-refractivity contribution in [2.45, 2.75) is 250 Å². The number of likely N-dealkylation sites (N-methyl/N-ethyl adjacent to an activating group) is 1. The van der Waals surface area contributed by atoms with Gasteiger partial charge >= 0.3 is 19.8 Å². The Morgan fingerprint density at radius 1 is 0.573 bits per heavy atom. The van der Waals surface area contributed by atoms with Gasteiger partial charge in [-0.3, -0.25) is 23.4 Å². The Balaban J connectivity index is 0.000000412. The molecule has 3 aromatic carbocycles. The average Bonchev–Trinajstić information content (AvgIpc) is 0.875. The van der Waals surface area contributed by atoms with Gasteiger partial charge in [-0.05, 0) is 42.7 Å². The van der Waals surface area contributed by atoms with Crippen LogP contribution in [0.15, 0.2) is 48.5 Å². The van der Waals surface area contributed by atoms with E-state index in [1.807, 2.05) is 21.1 Å². The molecule has 6 N–H and O–H groups in total. The van der Waals surface area contributed by atoms with Gasteiger partial charge in [-0.15, -0.1) is 0 Å². The lowest BCUT2D eigenvalue weighted by Crippen LogP contribution is -2.37. The van der Waals surface area contributed by atoms with Crippen molar-refractivity contribution in [1.82, 2.24) is 0 Å². The van der Waals surface area contributed by atoms with E-state index in [1.54, 1.807) is 30.3 Å². The van der Waals surface area contributed by atoms with Crippen LogP contribution in [0.2, 0.25) is 0 Å². The number of benzene rings is 3.